The van der Waals surface area contributed by atoms with Gasteiger partial charge < -0.3 is 10.1 Å². The second-order valence-corrected chi connectivity index (χ2v) is 5.47. The van der Waals surface area contributed by atoms with E-state index in [9.17, 15) is 0 Å². The van der Waals surface area contributed by atoms with Gasteiger partial charge in [0.1, 0.15) is 5.75 Å². The van der Waals surface area contributed by atoms with Crippen LogP contribution in [0.25, 0.3) is 0 Å². The highest BCUT2D eigenvalue weighted by Crippen LogP contribution is 2.25. The van der Waals surface area contributed by atoms with Crippen molar-refractivity contribution in [1.29, 1.82) is 0 Å². The Kier molecular flexibility index (Phi) is 5.68. The molecule has 0 aliphatic rings. The number of nitrogens with one attached hydrogen (secondary N) is 1. The lowest BCUT2D eigenvalue weighted by Crippen LogP contribution is -1.98. The van der Waals surface area contributed by atoms with Crippen molar-refractivity contribution in [2.75, 3.05) is 11.9 Å². The number of benzene rings is 2. The van der Waals surface area contributed by atoms with Crippen LogP contribution < -0.4 is 10.1 Å². The minimum absolute atomic E-state index is 0.803. The Balaban J connectivity index is 1.96. The predicted octanol–water partition coefficient (Wildman–Crippen LogP) is 5.62. The van der Waals surface area contributed by atoms with Gasteiger partial charge >= 0.3 is 0 Å². The summed E-state index contributed by atoms with van der Waals surface area (Å²) in [5.74, 6) is 0.943. The molecule has 0 atom stereocenters. The van der Waals surface area contributed by atoms with Crippen molar-refractivity contribution in [3.05, 3.63) is 53.6 Å². The van der Waals surface area contributed by atoms with Gasteiger partial charge in [-0.3, -0.25) is 0 Å². The molecule has 0 fully saturated rings. The quantitative estimate of drug-likeness (QED) is 0.666. The average Bonchev–Trinajstić information content (AvgIpc) is 2.49. The summed E-state index contributed by atoms with van der Waals surface area (Å²) < 4.78 is 5.73. The largest absolute Gasteiger partial charge is 0.494 e. The summed E-state index contributed by atoms with van der Waals surface area (Å²) in [7, 11) is 0. The lowest BCUT2D eigenvalue weighted by Gasteiger charge is -2.13. The number of aryl methyl sites for hydroxylation is 2. The van der Waals surface area contributed by atoms with Gasteiger partial charge in [-0.1, -0.05) is 38.0 Å². The second kappa shape index (κ2) is 7.72. The summed E-state index contributed by atoms with van der Waals surface area (Å²) in [6.45, 7) is 7.26. The lowest BCUT2D eigenvalue weighted by atomic mass is 10.1. The molecule has 0 saturated heterocycles. The van der Waals surface area contributed by atoms with E-state index in [1.54, 1.807) is 0 Å². The summed E-state index contributed by atoms with van der Waals surface area (Å²) in [4.78, 5) is 0. The molecule has 1 N–H and O–H groups in total. The van der Waals surface area contributed by atoms with E-state index >= 15 is 0 Å². The van der Waals surface area contributed by atoms with Crippen LogP contribution in [0.3, 0.4) is 0 Å². The Hall–Kier alpha value is -1.96. The number of anilines is 2. The van der Waals surface area contributed by atoms with E-state index in [2.05, 4.69) is 56.4 Å². The Morgan fingerprint density at radius 2 is 1.57 bits per heavy atom. The minimum Gasteiger partial charge on any atom is -0.494 e. The van der Waals surface area contributed by atoms with E-state index in [1.165, 1.54) is 29.7 Å². The molecule has 0 saturated carbocycles. The van der Waals surface area contributed by atoms with Crippen LogP contribution in [0.1, 0.15) is 37.3 Å². The molecule has 2 heteroatoms. The van der Waals surface area contributed by atoms with E-state index in [1.807, 2.05) is 12.1 Å². The summed E-state index contributed by atoms with van der Waals surface area (Å²) in [6.07, 6.45) is 3.58. The summed E-state index contributed by atoms with van der Waals surface area (Å²) in [5, 5.41) is 3.49. The van der Waals surface area contributed by atoms with Gasteiger partial charge in [0.15, 0.2) is 0 Å². The molecular weight excluding hydrogens is 258 g/mol. The molecule has 0 aromatic heterocycles. The molecular formula is C19H25NO. The molecule has 0 radical (unpaired) electrons. The van der Waals surface area contributed by atoms with Gasteiger partial charge in [0.25, 0.3) is 0 Å². The van der Waals surface area contributed by atoms with Gasteiger partial charge in [-0.2, -0.15) is 0 Å². The molecule has 0 heterocycles. The lowest BCUT2D eigenvalue weighted by molar-refractivity contribution is 0.306. The summed E-state index contributed by atoms with van der Waals surface area (Å²) in [6, 6.07) is 14.5. The maximum Gasteiger partial charge on any atom is 0.119 e. The number of unbranched alkanes of at least 4 members (excludes halogenated alkanes) is 2. The van der Waals surface area contributed by atoms with E-state index in [0.29, 0.717) is 0 Å². The number of para-hydroxylation sites is 1. The fraction of sp³-hybridized carbons (Fsp3) is 0.368. The monoisotopic (exact) mass is 283 g/mol. The van der Waals surface area contributed by atoms with Crippen LogP contribution in [0.15, 0.2) is 42.5 Å². The molecule has 2 rings (SSSR count). The van der Waals surface area contributed by atoms with E-state index in [-0.39, 0.29) is 0 Å². The van der Waals surface area contributed by atoms with Crippen LogP contribution in [-0.4, -0.2) is 6.61 Å². The third-order valence-electron chi connectivity index (χ3n) is 3.62. The normalized spacial score (nSPS) is 10.4. The maximum atomic E-state index is 5.73. The fourth-order valence-corrected chi connectivity index (χ4v) is 2.33. The van der Waals surface area contributed by atoms with Crippen LogP contribution in [0.5, 0.6) is 5.75 Å². The van der Waals surface area contributed by atoms with Gasteiger partial charge in [-0.15, -0.1) is 0 Å². The zero-order chi connectivity index (χ0) is 15.1. The molecule has 21 heavy (non-hydrogen) atoms. The molecule has 2 nitrogen and oxygen atoms in total. The Morgan fingerprint density at radius 1 is 0.905 bits per heavy atom. The van der Waals surface area contributed by atoms with E-state index < -0.39 is 0 Å². The first kappa shape index (κ1) is 15.4. The molecule has 0 unspecified atom stereocenters. The predicted molar refractivity (Wildman–Crippen MR) is 90.7 cm³/mol. The number of hydrogen-bond acceptors (Lipinski definition) is 2. The van der Waals surface area contributed by atoms with Crippen LogP contribution in [0.2, 0.25) is 0 Å². The van der Waals surface area contributed by atoms with Crippen molar-refractivity contribution in [3.8, 4) is 5.75 Å². The highest BCUT2D eigenvalue weighted by atomic mass is 16.5. The van der Waals surface area contributed by atoms with Gasteiger partial charge in [0.05, 0.1) is 6.61 Å². The minimum atomic E-state index is 0.803. The van der Waals surface area contributed by atoms with Gasteiger partial charge in [-0.25, -0.2) is 0 Å². The standard InChI is InChI=1S/C19H25NO/c1-4-5-6-14-21-18-12-10-17(11-13-18)20-19-15(2)8-7-9-16(19)3/h7-13,20H,4-6,14H2,1-3H3. The topological polar surface area (TPSA) is 21.3 Å². The Morgan fingerprint density at radius 3 is 2.19 bits per heavy atom. The van der Waals surface area contributed by atoms with Gasteiger partial charge in [-0.05, 0) is 55.7 Å². The zero-order valence-electron chi connectivity index (χ0n) is 13.3. The van der Waals surface area contributed by atoms with Crippen LogP contribution >= 0.6 is 0 Å². The number of ether oxygens (including phenoxy) is 1. The number of hydrogen-bond donors (Lipinski definition) is 1. The SMILES string of the molecule is CCCCCOc1ccc(Nc2c(C)cccc2C)cc1. The van der Waals surface area contributed by atoms with Crippen molar-refractivity contribution in [3.63, 3.8) is 0 Å². The third kappa shape index (κ3) is 4.52. The van der Waals surface area contributed by atoms with Gasteiger partial charge in [0, 0.05) is 11.4 Å². The highest BCUT2D eigenvalue weighted by molar-refractivity contribution is 5.66. The molecule has 2 aromatic rings. The number of rotatable bonds is 7. The van der Waals surface area contributed by atoms with E-state index in [0.717, 1.165) is 24.5 Å². The maximum absolute atomic E-state index is 5.73. The van der Waals surface area contributed by atoms with Crippen molar-refractivity contribution >= 4 is 11.4 Å². The van der Waals surface area contributed by atoms with Crippen LogP contribution in [0, 0.1) is 13.8 Å². The molecule has 0 bridgehead atoms. The molecule has 2 aromatic carbocycles. The second-order valence-electron chi connectivity index (χ2n) is 5.47. The van der Waals surface area contributed by atoms with Crippen molar-refractivity contribution < 1.29 is 4.74 Å². The summed E-state index contributed by atoms with van der Waals surface area (Å²) in [5.41, 5.74) is 4.80. The fourth-order valence-electron chi connectivity index (χ4n) is 2.33. The van der Waals surface area contributed by atoms with Gasteiger partial charge in [0.2, 0.25) is 0 Å². The first-order valence-electron chi connectivity index (χ1n) is 7.77. The first-order chi connectivity index (χ1) is 10.2. The molecule has 0 aliphatic carbocycles. The van der Waals surface area contributed by atoms with Crippen LogP contribution in [-0.2, 0) is 0 Å². The summed E-state index contributed by atoms with van der Waals surface area (Å²) >= 11 is 0. The average molecular weight is 283 g/mol. The Labute approximate surface area is 128 Å². The molecule has 0 aliphatic heterocycles. The first-order valence-corrected chi connectivity index (χ1v) is 7.77. The zero-order valence-corrected chi connectivity index (χ0v) is 13.3. The molecule has 0 amide bonds. The molecule has 112 valence electrons. The van der Waals surface area contributed by atoms with Crippen molar-refractivity contribution in [1.82, 2.24) is 0 Å². The molecule has 0 spiro atoms. The van der Waals surface area contributed by atoms with E-state index in [4.69, 9.17) is 4.74 Å². The Bertz CT molecular complexity index is 540. The smallest absolute Gasteiger partial charge is 0.119 e. The van der Waals surface area contributed by atoms with Crippen molar-refractivity contribution in [2.24, 2.45) is 0 Å². The third-order valence-corrected chi connectivity index (χ3v) is 3.62. The highest BCUT2D eigenvalue weighted by Gasteiger charge is 2.02. The van der Waals surface area contributed by atoms with Crippen molar-refractivity contribution in [2.45, 2.75) is 40.0 Å². The van der Waals surface area contributed by atoms with Crippen LogP contribution in [0.4, 0.5) is 11.4 Å².